The molecule has 1 rings (SSSR count). The lowest BCUT2D eigenvalue weighted by Crippen LogP contribution is -2.05. The number of ether oxygens (including phenoxy) is 2. The lowest BCUT2D eigenvalue weighted by molar-refractivity contribution is 0.176. The molecule has 0 bridgehead atoms. The molecule has 90 valence electrons. The first-order valence-electron chi connectivity index (χ1n) is 5.51. The molecule has 5 heteroatoms. The molecule has 0 aromatic carbocycles. The van der Waals surface area contributed by atoms with Gasteiger partial charge in [0.25, 0.3) is 0 Å². The molecule has 0 radical (unpaired) electrons. The van der Waals surface area contributed by atoms with Gasteiger partial charge in [0.05, 0.1) is 6.61 Å². The van der Waals surface area contributed by atoms with E-state index in [2.05, 4.69) is 16.9 Å². The molecule has 0 fully saturated rings. The van der Waals surface area contributed by atoms with Crippen molar-refractivity contribution in [2.45, 2.75) is 32.8 Å². The first-order chi connectivity index (χ1) is 7.76. The second-order valence-electron chi connectivity index (χ2n) is 3.54. The summed E-state index contributed by atoms with van der Waals surface area (Å²) in [5, 5.41) is 0. The van der Waals surface area contributed by atoms with Crippen molar-refractivity contribution in [2.75, 3.05) is 19.5 Å². The lowest BCUT2D eigenvalue weighted by Gasteiger charge is -2.07. The van der Waals surface area contributed by atoms with Gasteiger partial charge in [0.1, 0.15) is 12.4 Å². The van der Waals surface area contributed by atoms with Gasteiger partial charge >= 0.3 is 0 Å². The number of hydrogen-bond donors (Lipinski definition) is 1. The Morgan fingerprint density at radius 3 is 2.81 bits per heavy atom. The van der Waals surface area contributed by atoms with Gasteiger partial charge in [-0.05, 0) is 6.42 Å². The van der Waals surface area contributed by atoms with Crippen LogP contribution in [0, 0.1) is 0 Å². The second kappa shape index (κ2) is 7.00. The molecule has 0 saturated heterocycles. The molecule has 16 heavy (non-hydrogen) atoms. The number of nitrogens with zero attached hydrogens (tertiary/aromatic N) is 2. The molecule has 0 aliphatic rings. The standard InChI is InChI=1S/C11H19N3O2/c1-3-4-5-6-16-11-7-9(12)13-10(14-11)8-15-2/h7H,3-6,8H2,1-2H3,(H2,12,13,14). The van der Waals surface area contributed by atoms with E-state index in [1.54, 1.807) is 13.2 Å². The maximum Gasteiger partial charge on any atom is 0.218 e. The summed E-state index contributed by atoms with van der Waals surface area (Å²) in [4.78, 5) is 8.21. The molecule has 5 nitrogen and oxygen atoms in total. The lowest BCUT2D eigenvalue weighted by atomic mass is 10.3. The van der Waals surface area contributed by atoms with Crippen LogP contribution in [0.4, 0.5) is 5.82 Å². The minimum Gasteiger partial charge on any atom is -0.478 e. The van der Waals surface area contributed by atoms with Gasteiger partial charge in [-0.1, -0.05) is 19.8 Å². The predicted octanol–water partition coefficient (Wildman–Crippen LogP) is 1.77. The zero-order chi connectivity index (χ0) is 11.8. The molecule has 1 heterocycles. The fraction of sp³-hybridized carbons (Fsp3) is 0.636. The Hall–Kier alpha value is -1.36. The number of aromatic nitrogens is 2. The van der Waals surface area contributed by atoms with E-state index < -0.39 is 0 Å². The van der Waals surface area contributed by atoms with E-state index in [4.69, 9.17) is 15.2 Å². The number of anilines is 1. The van der Waals surface area contributed by atoms with Crippen LogP contribution in [0.1, 0.15) is 32.0 Å². The van der Waals surface area contributed by atoms with Crippen molar-refractivity contribution >= 4 is 5.82 Å². The van der Waals surface area contributed by atoms with Crippen LogP contribution in [0.5, 0.6) is 5.88 Å². The van der Waals surface area contributed by atoms with Gasteiger partial charge in [0.2, 0.25) is 5.88 Å². The summed E-state index contributed by atoms with van der Waals surface area (Å²) in [6, 6.07) is 1.63. The van der Waals surface area contributed by atoms with E-state index in [9.17, 15) is 0 Å². The SMILES string of the molecule is CCCCCOc1cc(N)nc(COC)n1. The van der Waals surface area contributed by atoms with Crippen molar-refractivity contribution in [1.82, 2.24) is 9.97 Å². The molecule has 2 N–H and O–H groups in total. The Labute approximate surface area is 96.0 Å². The molecule has 0 unspecified atom stereocenters. The van der Waals surface area contributed by atoms with Crippen LogP contribution in [0.3, 0.4) is 0 Å². The molecule has 1 aromatic rings. The number of unbranched alkanes of at least 4 members (excludes halogenated alkanes) is 2. The van der Waals surface area contributed by atoms with Gasteiger partial charge in [0, 0.05) is 13.2 Å². The molecule has 1 aromatic heterocycles. The highest BCUT2D eigenvalue weighted by molar-refractivity contribution is 5.32. The Balaban J connectivity index is 2.51. The smallest absolute Gasteiger partial charge is 0.218 e. The number of methoxy groups -OCH3 is 1. The fourth-order valence-corrected chi connectivity index (χ4v) is 1.29. The molecule has 0 atom stereocenters. The Morgan fingerprint density at radius 1 is 1.31 bits per heavy atom. The quantitative estimate of drug-likeness (QED) is 0.716. The molecule has 0 saturated carbocycles. The first kappa shape index (κ1) is 12.7. The maximum atomic E-state index is 5.63. The number of nitrogen functional groups attached to an aromatic ring is 1. The van der Waals surface area contributed by atoms with Crippen LogP contribution in [-0.2, 0) is 11.3 Å². The summed E-state index contributed by atoms with van der Waals surface area (Å²) in [7, 11) is 1.59. The molecular weight excluding hydrogens is 206 g/mol. The average molecular weight is 225 g/mol. The third-order valence-corrected chi connectivity index (χ3v) is 2.04. The van der Waals surface area contributed by atoms with Crippen molar-refractivity contribution in [3.05, 3.63) is 11.9 Å². The summed E-state index contributed by atoms with van der Waals surface area (Å²) in [6.07, 6.45) is 3.36. The fourth-order valence-electron chi connectivity index (χ4n) is 1.29. The topological polar surface area (TPSA) is 70.3 Å². The van der Waals surface area contributed by atoms with Gasteiger partial charge in [-0.25, -0.2) is 4.98 Å². The van der Waals surface area contributed by atoms with E-state index in [1.165, 1.54) is 6.42 Å². The molecular formula is C11H19N3O2. The maximum absolute atomic E-state index is 5.63. The molecule has 0 aliphatic carbocycles. The van der Waals surface area contributed by atoms with Crippen LogP contribution in [-0.4, -0.2) is 23.7 Å². The molecule has 0 aliphatic heterocycles. The zero-order valence-electron chi connectivity index (χ0n) is 9.90. The van der Waals surface area contributed by atoms with Crippen LogP contribution in [0.15, 0.2) is 6.07 Å². The third-order valence-electron chi connectivity index (χ3n) is 2.04. The largest absolute Gasteiger partial charge is 0.478 e. The monoisotopic (exact) mass is 225 g/mol. The summed E-state index contributed by atoms with van der Waals surface area (Å²) in [5.41, 5.74) is 5.63. The van der Waals surface area contributed by atoms with Gasteiger partial charge in [-0.3, -0.25) is 0 Å². The number of hydrogen-bond acceptors (Lipinski definition) is 5. The summed E-state index contributed by atoms with van der Waals surface area (Å²) in [6.45, 7) is 3.16. The molecule has 0 spiro atoms. The van der Waals surface area contributed by atoms with E-state index in [-0.39, 0.29) is 0 Å². The average Bonchev–Trinajstić information content (AvgIpc) is 2.24. The zero-order valence-corrected chi connectivity index (χ0v) is 9.90. The Morgan fingerprint density at radius 2 is 2.12 bits per heavy atom. The van der Waals surface area contributed by atoms with Gasteiger partial charge in [0.15, 0.2) is 5.82 Å². The minimum atomic E-state index is 0.344. The number of rotatable bonds is 7. The number of nitrogens with two attached hydrogens (primary N) is 1. The van der Waals surface area contributed by atoms with Crippen LogP contribution in [0.25, 0.3) is 0 Å². The summed E-state index contributed by atoms with van der Waals surface area (Å²) >= 11 is 0. The minimum absolute atomic E-state index is 0.344. The summed E-state index contributed by atoms with van der Waals surface area (Å²) < 4.78 is 10.4. The van der Waals surface area contributed by atoms with Crippen LogP contribution < -0.4 is 10.5 Å². The Kier molecular flexibility index (Phi) is 5.56. The first-order valence-corrected chi connectivity index (χ1v) is 5.51. The van der Waals surface area contributed by atoms with Crippen molar-refractivity contribution in [3.8, 4) is 5.88 Å². The van der Waals surface area contributed by atoms with Crippen LogP contribution >= 0.6 is 0 Å². The highest BCUT2D eigenvalue weighted by Gasteiger charge is 2.03. The predicted molar refractivity (Wildman–Crippen MR) is 62.2 cm³/mol. The van der Waals surface area contributed by atoms with E-state index in [1.807, 2.05) is 0 Å². The Bertz CT molecular complexity index is 318. The van der Waals surface area contributed by atoms with Crippen molar-refractivity contribution in [2.24, 2.45) is 0 Å². The molecule has 0 amide bonds. The normalized spacial score (nSPS) is 10.4. The van der Waals surface area contributed by atoms with Gasteiger partial charge in [-0.15, -0.1) is 0 Å². The second-order valence-corrected chi connectivity index (χ2v) is 3.54. The summed E-state index contributed by atoms with van der Waals surface area (Å²) in [5.74, 6) is 1.48. The third kappa shape index (κ3) is 4.44. The van der Waals surface area contributed by atoms with Gasteiger partial charge < -0.3 is 15.2 Å². The van der Waals surface area contributed by atoms with E-state index in [0.29, 0.717) is 30.7 Å². The van der Waals surface area contributed by atoms with Crippen molar-refractivity contribution < 1.29 is 9.47 Å². The highest BCUT2D eigenvalue weighted by Crippen LogP contribution is 2.12. The van der Waals surface area contributed by atoms with Crippen molar-refractivity contribution in [3.63, 3.8) is 0 Å². The van der Waals surface area contributed by atoms with E-state index >= 15 is 0 Å². The van der Waals surface area contributed by atoms with Crippen molar-refractivity contribution in [1.29, 1.82) is 0 Å². The van der Waals surface area contributed by atoms with Crippen LogP contribution in [0.2, 0.25) is 0 Å². The van der Waals surface area contributed by atoms with E-state index in [0.717, 1.165) is 12.8 Å². The highest BCUT2D eigenvalue weighted by atomic mass is 16.5. The van der Waals surface area contributed by atoms with Gasteiger partial charge in [-0.2, -0.15) is 4.98 Å².